The average molecular weight is 523 g/mol. The molecular formula is C29H50N2O6. The van der Waals surface area contributed by atoms with E-state index in [1.54, 1.807) is 0 Å². The molecule has 0 unspecified atom stereocenters. The standard InChI is InChI=1S/C29H50N2O6/c1-24(2)14-20(15-25(3,4)30-24)36-22(32)28(18-34-29(35-19-28)12-10-9-11-13-29)23(33)37-21-16-26(5,6)31-27(7,8)17-21/h20-21,30-31H,9-19H2,1-8H3. The molecule has 37 heavy (non-hydrogen) atoms. The Morgan fingerprint density at radius 1 is 0.622 bits per heavy atom. The number of hydrogen-bond donors (Lipinski definition) is 2. The van der Waals surface area contributed by atoms with E-state index in [0.29, 0.717) is 25.7 Å². The summed E-state index contributed by atoms with van der Waals surface area (Å²) in [5.74, 6) is -1.89. The van der Waals surface area contributed by atoms with Gasteiger partial charge in [-0.3, -0.25) is 9.59 Å². The zero-order chi connectivity index (χ0) is 27.3. The minimum Gasteiger partial charge on any atom is -0.461 e. The molecule has 212 valence electrons. The molecule has 4 fully saturated rings. The molecule has 0 aromatic rings. The van der Waals surface area contributed by atoms with Gasteiger partial charge in [0.1, 0.15) is 12.2 Å². The van der Waals surface area contributed by atoms with E-state index in [4.69, 9.17) is 18.9 Å². The molecule has 4 aliphatic rings. The van der Waals surface area contributed by atoms with Crippen LogP contribution in [0.15, 0.2) is 0 Å². The topological polar surface area (TPSA) is 95.1 Å². The van der Waals surface area contributed by atoms with Gasteiger partial charge in [-0.2, -0.15) is 0 Å². The molecule has 8 heteroatoms. The molecule has 1 saturated carbocycles. The van der Waals surface area contributed by atoms with Gasteiger partial charge in [-0.25, -0.2) is 0 Å². The van der Waals surface area contributed by atoms with E-state index in [2.05, 4.69) is 66.0 Å². The van der Waals surface area contributed by atoms with Crippen LogP contribution in [-0.2, 0) is 28.5 Å². The molecular weight excluding hydrogens is 472 g/mol. The lowest BCUT2D eigenvalue weighted by molar-refractivity contribution is -0.311. The zero-order valence-electron chi connectivity index (χ0n) is 24.4. The molecule has 4 rings (SSSR count). The Hall–Kier alpha value is -1.22. The van der Waals surface area contributed by atoms with Gasteiger partial charge >= 0.3 is 11.9 Å². The van der Waals surface area contributed by atoms with Crippen molar-refractivity contribution in [2.24, 2.45) is 5.41 Å². The van der Waals surface area contributed by atoms with Crippen LogP contribution in [0.25, 0.3) is 0 Å². The Bertz CT molecular complexity index is 778. The highest BCUT2D eigenvalue weighted by Gasteiger charge is 2.58. The maximum atomic E-state index is 13.9. The fourth-order valence-electron chi connectivity index (χ4n) is 7.44. The summed E-state index contributed by atoms with van der Waals surface area (Å²) in [7, 11) is 0. The normalized spacial score (nSPS) is 30.4. The number of nitrogens with one attached hydrogen (secondary N) is 2. The molecule has 2 N–H and O–H groups in total. The molecule has 0 bridgehead atoms. The number of ether oxygens (including phenoxy) is 4. The van der Waals surface area contributed by atoms with E-state index < -0.39 is 23.1 Å². The molecule has 0 aromatic heterocycles. The SMILES string of the molecule is CC1(C)CC(OC(=O)C2(C(=O)OC3CC(C)(C)NC(C)(C)C3)COC3(CCCCC3)OC2)CC(C)(C)N1. The molecule has 3 aliphatic heterocycles. The number of piperidine rings is 2. The Morgan fingerprint density at radius 3 is 1.32 bits per heavy atom. The van der Waals surface area contributed by atoms with E-state index >= 15 is 0 Å². The third-order valence-electron chi connectivity index (χ3n) is 8.41. The van der Waals surface area contributed by atoms with Crippen LogP contribution in [0.5, 0.6) is 0 Å². The quantitative estimate of drug-likeness (QED) is 0.415. The summed E-state index contributed by atoms with van der Waals surface area (Å²) in [5, 5.41) is 7.23. The number of carbonyl (C=O) groups excluding carboxylic acids is 2. The second-order valence-corrected chi connectivity index (χ2v) is 14.8. The number of rotatable bonds is 4. The highest BCUT2D eigenvalue weighted by atomic mass is 16.7. The molecule has 0 radical (unpaired) electrons. The lowest BCUT2D eigenvalue weighted by Crippen LogP contribution is -2.63. The summed E-state index contributed by atoms with van der Waals surface area (Å²) in [6.45, 7) is 16.7. The predicted octanol–water partition coefficient (Wildman–Crippen LogP) is 4.38. The van der Waals surface area contributed by atoms with Gasteiger partial charge < -0.3 is 29.6 Å². The van der Waals surface area contributed by atoms with Crippen molar-refractivity contribution in [1.82, 2.24) is 10.6 Å². The Labute approximate surface area is 223 Å². The van der Waals surface area contributed by atoms with E-state index in [0.717, 1.165) is 32.1 Å². The van der Waals surface area contributed by atoms with Gasteiger partial charge in [-0.1, -0.05) is 6.42 Å². The Morgan fingerprint density at radius 2 is 0.973 bits per heavy atom. The first kappa shape index (κ1) is 28.8. The van der Waals surface area contributed by atoms with Gasteiger partial charge in [0.2, 0.25) is 5.41 Å². The van der Waals surface area contributed by atoms with Crippen LogP contribution < -0.4 is 10.6 Å². The van der Waals surface area contributed by atoms with Crippen molar-refractivity contribution in [2.75, 3.05) is 13.2 Å². The fraction of sp³-hybridized carbons (Fsp3) is 0.931. The van der Waals surface area contributed by atoms with E-state index in [9.17, 15) is 9.59 Å². The van der Waals surface area contributed by atoms with E-state index in [1.807, 2.05) is 0 Å². The first-order valence-electron chi connectivity index (χ1n) is 14.2. The van der Waals surface area contributed by atoms with Gasteiger partial charge in [0, 0.05) is 60.7 Å². The third kappa shape index (κ3) is 6.68. The first-order valence-corrected chi connectivity index (χ1v) is 14.2. The minimum atomic E-state index is -1.62. The van der Waals surface area contributed by atoms with Crippen LogP contribution in [0.1, 0.15) is 113 Å². The van der Waals surface area contributed by atoms with E-state index in [-0.39, 0.29) is 47.6 Å². The second kappa shape index (κ2) is 9.76. The Balaban J connectivity index is 1.54. The van der Waals surface area contributed by atoms with Crippen molar-refractivity contribution in [3.63, 3.8) is 0 Å². The number of carbonyl (C=O) groups is 2. The Kier molecular flexibility index (Phi) is 7.59. The van der Waals surface area contributed by atoms with Gasteiger partial charge in [-0.15, -0.1) is 0 Å². The van der Waals surface area contributed by atoms with Crippen molar-refractivity contribution in [3.05, 3.63) is 0 Å². The van der Waals surface area contributed by atoms with Crippen molar-refractivity contribution in [3.8, 4) is 0 Å². The van der Waals surface area contributed by atoms with Gasteiger partial charge in [0.15, 0.2) is 5.79 Å². The van der Waals surface area contributed by atoms with Crippen molar-refractivity contribution in [1.29, 1.82) is 0 Å². The smallest absolute Gasteiger partial charge is 0.328 e. The minimum absolute atomic E-state index is 0.0693. The first-order chi connectivity index (χ1) is 16.9. The second-order valence-electron chi connectivity index (χ2n) is 14.8. The lowest BCUT2D eigenvalue weighted by Gasteiger charge is -2.49. The van der Waals surface area contributed by atoms with Crippen LogP contribution in [0, 0.1) is 5.41 Å². The third-order valence-corrected chi connectivity index (χ3v) is 8.41. The van der Waals surface area contributed by atoms with E-state index in [1.165, 1.54) is 0 Å². The van der Waals surface area contributed by atoms with Crippen LogP contribution >= 0.6 is 0 Å². The molecule has 0 aromatic carbocycles. The van der Waals surface area contributed by atoms with Crippen LogP contribution in [0.2, 0.25) is 0 Å². The average Bonchev–Trinajstić information content (AvgIpc) is 2.70. The summed E-state index contributed by atoms with van der Waals surface area (Å²) in [6.07, 6.45) is 6.75. The summed E-state index contributed by atoms with van der Waals surface area (Å²) in [4.78, 5) is 27.8. The predicted molar refractivity (Wildman–Crippen MR) is 141 cm³/mol. The lowest BCUT2D eigenvalue weighted by atomic mass is 9.80. The maximum Gasteiger partial charge on any atom is 0.328 e. The summed E-state index contributed by atoms with van der Waals surface area (Å²) in [6, 6.07) is 0. The summed E-state index contributed by atoms with van der Waals surface area (Å²) >= 11 is 0. The molecule has 0 amide bonds. The largest absolute Gasteiger partial charge is 0.461 e. The number of hydrogen-bond acceptors (Lipinski definition) is 8. The zero-order valence-corrected chi connectivity index (χ0v) is 24.4. The van der Waals surface area contributed by atoms with Crippen LogP contribution in [0.3, 0.4) is 0 Å². The van der Waals surface area contributed by atoms with Crippen molar-refractivity contribution >= 4 is 11.9 Å². The van der Waals surface area contributed by atoms with Crippen LogP contribution in [-0.4, -0.2) is 65.3 Å². The molecule has 1 spiro atoms. The molecule has 8 nitrogen and oxygen atoms in total. The van der Waals surface area contributed by atoms with Crippen LogP contribution in [0.4, 0.5) is 0 Å². The number of esters is 2. The van der Waals surface area contributed by atoms with Crippen molar-refractivity contribution in [2.45, 2.75) is 153 Å². The highest BCUT2D eigenvalue weighted by molar-refractivity contribution is 6.00. The van der Waals surface area contributed by atoms with Gasteiger partial charge in [0.05, 0.1) is 13.2 Å². The summed E-state index contributed by atoms with van der Waals surface area (Å²) < 4.78 is 24.8. The molecule has 0 atom stereocenters. The molecule has 1 aliphatic carbocycles. The maximum absolute atomic E-state index is 13.9. The van der Waals surface area contributed by atoms with Gasteiger partial charge in [-0.05, 0) is 68.2 Å². The fourth-order valence-corrected chi connectivity index (χ4v) is 7.44. The molecule has 3 saturated heterocycles. The summed E-state index contributed by atoms with van der Waals surface area (Å²) in [5.41, 5.74) is -2.41. The van der Waals surface area contributed by atoms with Crippen molar-refractivity contribution < 1.29 is 28.5 Å². The van der Waals surface area contributed by atoms with Gasteiger partial charge in [0.25, 0.3) is 0 Å². The molecule has 3 heterocycles. The monoisotopic (exact) mass is 522 g/mol. The highest BCUT2D eigenvalue weighted by Crippen LogP contribution is 2.42.